The summed E-state index contributed by atoms with van der Waals surface area (Å²) in [5, 5.41) is 4.30. The number of amides is 1. The van der Waals surface area contributed by atoms with E-state index in [2.05, 4.69) is 19.6 Å². The molecular formula is C20H24N6O. The van der Waals surface area contributed by atoms with E-state index in [1.165, 1.54) is 5.56 Å². The molecule has 0 radical (unpaired) electrons. The standard InChI is InChI=1S/C20H24N6O/c1-15-12-18(24(2)23-15)20(27)26-10-3-4-17(14-26)19-22-9-11-25(19)13-16-5-7-21-8-6-16/h5-9,11-12,17H,3-4,10,13-14H2,1-2H3/t17-/m1/s1. The highest BCUT2D eigenvalue weighted by Crippen LogP contribution is 2.27. The topological polar surface area (TPSA) is 68.8 Å². The van der Waals surface area contributed by atoms with Crippen molar-refractivity contribution in [3.05, 3.63) is 65.8 Å². The van der Waals surface area contributed by atoms with Gasteiger partial charge < -0.3 is 9.47 Å². The minimum absolute atomic E-state index is 0.0510. The molecule has 0 bridgehead atoms. The van der Waals surface area contributed by atoms with Gasteiger partial charge in [-0.3, -0.25) is 14.5 Å². The molecule has 1 fully saturated rings. The third-order valence-corrected chi connectivity index (χ3v) is 5.14. The zero-order chi connectivity index (χ0) is 18.8. The zero-order valence-electron chi connectivity index (χ0n) is 15.7. The molecule has 0 saturated carbocycles. The number of carbonyl (C=O) groups excluding carboxylic acids is 1. The second-order valence-corrected chi connectivity index (χ2v) is 7.15. The second kappa shape index (κ2) is 7.34. The van der Waals surface area contributed by atoms with Gasteiger partial charge in [0.1, 0.15) is 11.5 Å². The van der Waals surface area contributed by atoms with Gasteiger partial charge in [0.2, 0.25) is 0 Å². The fraction of sp³-hybridized carbons (Fsp3) is 0.400. The summed E-state index contributed by atoms with van der Waals surface area (Å²) < 4.78 is 3.86. The summed E-state index contributed by atoms with van der Waals surface area (Å²) >= 11 is 0. The molecule has 3 aromatic rings. The molecule has 4 rings (SSSR count). The molecule has 0 spiro atoms. The Morgan fingerprint density at radius 2 is 2.07 bits per heavy atom. The molecule has 0 aromatic carbocycles. The molecular weight excluding hydrogens is 340 g/mol. The van der Waals surface area contributed by atoms with Crippen LogP contribution in [-0.4, -0.2) is 48.2 Å². The monoisotopic (exact) mass is 364 g/mol. The van der Waals surface area contributed by atoms with E-state index < -0.39 is 0 Å². The number of hydrogen-bond donors (Lipinski definition) is 0. The number of nitrogens with zero attached hydrogens (tertiary/aromatic N) is 6. The van der Waals surface area contributed by atoms with Crippen LogP contribution in [-0.2, 0) is 13.6 Å². The Kier molecular flexibility index (Phi) is 4.75. The lowest BCUT2D eigenvalue weighted by molar-refractivity contribution is 0.0692. The SMILES string of the molecule is Cc1cc(C(=O)N2CCC[C@@H](c3nccn3Cc3ccncc3)C2)n(C)n1. The predicted octanol–water partition coefficient (Wildman–Crippen LogP) is 2.39. The normalized spacial score (nSPS) is 17.3. The molecule has 1 amide bonds. The lowest BCUT2D eigenvalue weighted by Gasteiger charge is -2.32. The van der Waals surface area contributed by atoms with Crippen LogP contribution >= 0.6 is 0 Å². The molecule has 1 aliphatic rings. The molecule has 0 unspecified atom stereocenters. The van der Waals surface area contributed by atoms with Crippen LogP contribution in [0.5, 0.6) is 0 Å². The average Bonchev–Trinajstić information content (AvgIpc) is 3.28. The van der Waals surface area contributed by atoms with Crippen LogP contribution in [0, 0.1) is 6.92 Å². The minimum Gasteiger partial charge on any atom is -0.337 e. The van der Waals surface area contributed by atoms with Crippen molar-refractivity contribution >= 4 is 5.91 Å². The van der Waals surface area contributed by atoms with Crippen molar-refractivity contribution < 1.29 is 4.79 Å². The fourth-order valence-electron chi connectivity index (χ4n) is 3.84. The van der Waals surface area contributed by atoms with E-state index in [4.69, 9.17) is 0 Å². The Labute approximate surface area is 158 Å². The molecule has 0 N–H and O–H groups in total. The number of rotatable bonds is 4. The van der Waals surface area contributed by atoms with Gasteiger partial charge in [-0.2, -0.15) is 5.10 Å². The third kappa shape index (κ3) is 3.63. The highest BCUT2D eigenvalue weighted by molar-refractivity contribution is 5.92. The Hall–Kier alpha value is -2.96. The van der Waals surface area contributed by atoms with E-state index in [1.807, 2.05) is 61.9 Å². The molecule has 1 atom stereocenters. The Morgan fingerprint density at radius 3 is 2.81 bits per heavy atom. The van der Waals surface area contributed by atoms with Gasteiger partial charge >= 0.3 is 0 Å². The number of piperidine rings is 1. The first-order valence-corrected chi connectivity index (χ1v) is 9.31. The maximum atomic E-state index is 13.0. The summed E-state index contributed by atoms with van der Waals surface area (Å²) in [7, 11) is 1.82. The molecule has 1 aliphatic heterocycles. The van der Waals surface area contributed by atoms with Crippen LogP contribution in [0.2, 0.25) is 0 Å². The molecule has 0 aliphatic carbocycles. The molecule has 140 valence electrons. The smallest absolute Gasteiger partial charge is 0.272 e. The lowest BCUT2D eigenvalue weighted by atomic mass is 9.96. The summed E-state index contributed by atoms with van der Waals surface area (Å²) in [4.78, 5) is 23.6. The van der Waals surface area contributed by atoms with Gasteiger partial charge in [-0.1, -0.05) is 0 Å². The summed E-state index contributed by atoms with van der Waals surface area (Å²) in [5.41, 5.74) is 2.70. The average molecular weight is 364 g/mol. The second-order valence-electron chi connectivity index (χ2n) is 7.15. The first-order chi connectivity index (χ1) is 13.1. The van der Waals surface area contributed by atoms with Crippen molar-refractivity contribution in [1.82, 2.24) is 29.2 Å². The third-order valence-electron chi connectivity index (χ3n) is 5.14. The van der Waals surface area contributed by atoms with Crippen LogP contribution in [0.4, 0.5) is 0 Å². The van der Waals surface area contributed by atoms with Gasteiger partial charge in [0.25, 0.3) is 5.91 Å². The Morgan fingerprint density at radius 1 is 1.26 bits per heavy atom. The van der Waals surface area contributed by atoms with Crippen molar-refractivity contribution in [2.75, 3.05) is 13.1 Å². The number of aromatic nitrogens is 5. The first-order valence-electron chi connectivity index (χ1n) is 9.31. The Balaban J connectivity index is 1.51. The number of likely N-dealkylation sites (tertiary alicyclic amines) is 1. The molecule has 7 nitrogen and oxygen atoms in total. The first kappa shape index (κ1) is 17.5. The quantitative estimate of drug-likeness (QED) is 0.713. The number of aryl methyl sites for hydroxylation is 2. The molecule has 1 saturated heterocycles. The van der Waals surface area contributed by atoms with Gasteiger partial charge in [-0.05, 0) is 43.5 Å². The van der Waals surface area contributed by atoms with Gasteiger partial charge in [0.05, 0.1) is 5.69 Å². The molecule has 3 aromatic heterocycles. The van der Waals surface area contributed by atoms with Crippen LogP contribution in [0.15, 0.2) is 43.0 Å². The molecule has 4 heterocycles. The van der Waals surface area contributed by atoms with Gasteiger partial charge in [-0.25, -0.2) is 4.98 Å². The van der Waals surface area contributed by atoms with Gasteiger partial charge in [0.15, 0.2) is 0 Å². The Bertz CT molecular complexity index is 929. The molecule has 7 heteroatoms. The largest absolute Gasteiger partial charge is 0.337 e. The highest BCUT2D eigenvalue weighted by Gasteiger charge is 2.29. The number of hydrogen-bond acceptors (Lipinski definition) is 4. The van der Waals surface area contributed by atoms with E-state index in [9.17, 15) is 4.79 Å². The van der Waals surface area contributed by atoms with Gasteiger partial charge in [-0.15, -0.1) is 0 Å². The summed E-state index contributed by atoms with van der Waals surface area (Å²) in [6.07, 6.45) is 9.51. The van der Waals surface area contributed by atoms with Crippen LogP contribution in [0.1, 0.15) is 46.3 Å². The number of imidazole rings is 1. The minimum atomic E-state index is 0.0510. The summed E-state index contributed by atoms with van der Waals surface area (Å²) in [6.45, 7) is 4.15. The van der Waals surface area contributed by atoms with Crippen LogP contribution in [0.25, 0.3) is 0 Å². The zero-order valence-corrected chi connectivity index (χ0v) is 15.7. The van der Waals surface area contributed by atoms with Crippen molar-refractivity contribution in [3.8, 4) is 0 Å². The van der Waals surface area contributed by atoms with Crippen molar-refractivity contribution in [1.29, 1.82) is 0 Å². The lowest BCUT2D eigenvalue weighted by Crippen LogP contribution is -2.40. The van der Waals surface area contributed by atoms with E-state index in [1.54, 1.807) is 4.68 Å². The summed E-state index contributed by atoms with van der Waals surface area (Å²) in [5.74, 6) is 1.34. The fourth-order valence-corrected chi connectivity index (χ4v) is 3.84. The van der Waals surface area contributed by atoms with Crippen molar-refractivity contribution in [3.63, 3.8) is 0 Å². The maximum absolute atomic E-state index is 13.0. The van der Waals surface area contributed by atoms with E-state index in [0.717, 1.165) is 37.4 Å². The number of carbonyl (C=O) groups is 1. The molecule has 27 heavy (non-hydrogen) atoms. The van der Waals surface area contributed by atoms with Gasteiger partial charge in [0, 0.05) is 57.4 Å². The van der Waals surface area contributed by atoms with Crippen LogP contribution in [0.3, 0.4) is 0 Å². The highest BCUT2D eigenvalue weighted by atomic mass is 16.2. The van der Waals surface area contributed by atoms with E-state index >= 15 is 0 Å². The summed E-state index contributed by atoms with van der Waals surface area (Å²) in [6, 6.07) is 5.90. The predicted molar refractivity (Wildman–Crippen MR) is 101 cm³/mol. The van der Waals surface area contributed by atoms with E-state index in [-0.39, 0.29) is 11.8 Å². The van der Waals surface area contributed by atoms with Crippen molar-refractivity contribution in [2.24, 2.45) is 7.05 Å². The number of pyridine rings is 1. The van der Waals surface area contributed by atoms with Crippen molar-refractivity contribution in [2.45, 2.75) is 32.2 Å². The van der Waals surface area contributed by atoms with E-state index in [0.29, 0.717) is 12.2 Å². The van der Waals surface area contributed by atoms with Crippen LogP contribution < -0.4 is 0 Å². The maximum Gasteiger partial charge on any atom is 0.272 e.